The van der Waals surface area contributed by atoms with E-state index in [1.54, 1.807) is 0 Å². The Morgan fingerprint density at radius 3 is 2.64 bits per heavy atom. The minimum absolute atomic E-state index is 0. The number of thioether (sulfide) groups is 1. The number of hydrazone groups is 1. The molecular formula is C24H24ClN7O10S2. The summed E-state index contributed by atoms with van der Waals surface area (Å²) in [6, 6.07) is 2.77. The predicted molar refractivity (Wildman–Crippen MR) is 158 cm³/mol. The number of amides is 3. The number of carboxylic acids is 1. The number of fused-ring (bicyclic) bond motifs is 1. The van der Waals surface area contributed by atoms with E-state index in [4.69, 9.17) is 15.3 Å². The van der Waals surface area contributed by atoms with Gasteiger partial charge in [0.25, 0.3) is 17.7 Å². The number of β-lactam (4-membered cyclic amide) rings is 1. The molecule has 7 N–H and O–H groups in total. The second-order valence-corrected chi connectivity index (χ2v) is 10.7. The van der Waals surface area contributed by atoms with Crippen molar-refractivity contribution in [1.82, 2.24) is 20.6 Å². The molecule has 3 amide bonds. The first-order valence-electron chi connectivity index (χ1n) is 12.1. The molecule has 0 radical (unpaired) electrons. The van der Waals surface area contributed by atoms with E-state index in [-0.39, 0.29) is 58.4 Å². The van der Waals surface area contributed by atoms with E-state index < -0.39 is 53.4 Å². The zero-order chi connectivity index (χ0) is 31.3. The van der Waals surface area contributed by atoms with Crippen molar-refractivity contribution in [3.05, 3.63) is 46.1 Å². The molecule has 1 aromatic heterocycles. The third kappa shape index (κ3) is 7.74. The molecule has 44 heavy (non-hydrogen) atoms. The van der Waals surface area contributed by atoms with E-state index in [1.165, 1.54) is 48.5 Å². The van der Waals surface area contributed by atoms with E-state index in [1.807, 2.05) is 0 Å². The van der Waals surface area contributed by atoms with Gasteiger partial charge in [0.1, 0.15) is 29.4 Å². The third-order valence-electron chi connectivity index (χ3n) is 5.72. The summed E-state index contributed by atoms with van der Waals surface area (Å²) in [4.78, 5) is 71.3. The van der Waals surface area contributed by atoms with Gasteiger partial charge in [0, 0.05) is 23.6 Å². The Morgan fingerprint density at radius 2 is 2.00 bits per heavy atom. The molecule has 234 valence electrons. The molecule has 1 unspecified atom stereocenters. The lowest BCUT2D eigenvalue weighted by atomic mass is 10.0. The molecule has 1 aromatic carbocycles. The maximum Gasteiger partial charge on any atom is 0.352 e. The van der Waals surface area contributed by atoms with Crippen LogP contribution >= 0.6 is 35.5 Å². The van der Waals surface area contributed by atoms with Crippen molar-refractivity contribution in [3.63, 3.8) is 0 Å². The number of carbonyl (C=O) groups is 5. The van der Waals surface area contributed by atoms with Crippen LogP contribution in [0.25, 0.3) is 0 Å². The summed E-state index contributed by atoms with van der Waals surface area (Å²) < 4.78 is 4.90. The summed E-state index contributed by atoms with van der Waals surface area (Å²) in [7, 11) is 0. The van der Waals surface area contributed by atoms with E-state index in [2.05, 4.69) is 26.0 Å². The number of hydrogen-bond acceptors (Lipinski definition) is 15. The van der Waals surface area contributed by atoms with Crippen LogP contribution in [-0.2, 0) is 33.5 Å². The normalized spacial score (nSPS) is 17.7. The van der Waals surface area contributed by atoms with Gasteiger partial charge >= 0.3 is 11.9 Å². The van der Waals surface area contributed by atoms with Crippen molar-refractivity contribution < 1.29 is 48.9 Å². The summed E-state index contributed by atoms with van der Waals surface area (Å²) in [6.45, 7) is 0.198. The van der Waals surface area contributed by atoms with Crippen LogP contribution in [-0.4, -0.2) is 97.2 Å². The lowest BCUT2D eigenvalue weighted by molar-refractivity contribution is -0.150. The van der Waals surface area contributed by atoms with Crippen molar-refractivity contribution in [1.29, 1.82) is 0 Å². The van der Waals surface area contributed by atoms with Gasteiger partial charge < -0.3 is 35.9 Å². The zero-order valence-electron chi connectivity index (χ0n) is 22.5. The molecular weight excluding hydrogens is 646 g/mol. The van der Waals surface area contributed by atoms with Gasteiger partial charge in [0.2, 0.25) is 0 Å². The van der Waals surface area contributed by atoms with Crippen LogP contribution in [0.1, 0.15) is 18.2 Å². The van der Waals surface area contributed by atoms with Crippen LogP contribution in [0.15, 0.2) is 45.1 Å². The number of halogens is 1. The van der Waals surface area contributed by atoms with E-state index in [0.29, 0.717) is 5.56 Å². The first-order chi connectivity index (χ1) is 20.5. The number of oxime groups is 1. The molecule has 1 fully saturated rings. The number of esters is 1. The fourth-order valence-corrected chi connectivity index (χ4v) is 5.66. The Kier molecular flexibility index (Phi) is 11.1. The Bertz CT molecular complexity index is 1580. The number of aromatic hydroxyl groups is 2. The molecule has 20 heteroatoms. The minimum Gasteiger partial charge on any atom is -0.504 e. The first-order valence-corrected chi connectivity index (χ1v) is 14.0. The maximum atomic E-state index is 13.2. The second kappa shape index (κ2) is 14.5. The highest BCUT2D eigenvalue weighted by atomic mass is 35.5. The third-order valence-corrected chi connectivity index (χ3v) is 7.73. The summed E-state index contributed by atoms with van der Waals surface area (Å²) in [5, 5.41) is 39.2. The number of carbonyl (C=O) groups excluding carboxylic acids is 4. The van der Waals surface area contributed by atoms with Gasteiger partial charge in [-0.15, -0.1) is 35.5 Å². The smallest absolute Gasteiger partial charge is 0.352 e. The number of anilines is 1. The van der Waals surface area contributed by atoms with Gasteiger partial charge in [0.15, 0.2) is 28.9 Å². The highest BCUT2D eigenvalue weighted by Gasteiger charge is 2.54. The number of nitrogens with one attached hydrogen (secondary N) is 2. The number of aromatic nitrogens is 1. The Labute approximate surface area is 262 Å². The molecule has 0 saturated carbocycles. The van der Waals surface area contributed by atoms with Crippen molar-refractivity contribution in [2.75, 3.05) is 24.7 Å². The molecule has 4 rings (SSSR count). The standard InChI is InChI=1S/C24H23N7O10S2.ClH/c1-10(32)40-6-12-8-42-22-18(21(37)31(22)19(12)23(38)39)28-20(36)17(13-9-43-24(25)27-13)30-41-7-16(35)29-26-5-11-2-3-14(33)15(34)4-11;/h2-5,9,18,22,33-34H,6-8H2,1H3,(H2,25,27)(H,28,36)(H,29,35)(H,38,39);1H/b26-5+,30-17-;/t18?,22-;/m1./s1. The number of phenols is 2. The van der Waals surface area contributed by atoms with Gasteiger partial charge in [-0.3, -0.25) is 24.1 Å². The van der Waals surface area contributed by atoms with Crippen LogP contribution in [0.5, 0.6) is 11.5 Å². The summed E-state index contributed by atoms with van der Waals surface area (Å²) in [5.41, 5.74) is 7.72. The maximum absolute atomic E-state index is 13.2. The number of thiazole rings is 1. The fraction of sp³-hybridized carbons (Fsp3) is 0.250. The number of ether oxygens (including phenoxy) is 1. The quantitative estimate of drug-likeness (QED) is 0.0593. The van der Waals surface area contributed by atoms with Crippen LogP contribution in [0.2, 0.25) is 0 Å². The number of nitrogen functional groups attached to an aromatic ring is 1. The van der Waals surface area contributed by atoms with Gasteiger partial charge in [-0.25, -0.2) is 15.2 Å². The highest BCUT2D eigenvalue weighted by Crippen LogP contribution is 2.40. The predicted octanol–water partition coefficient (Wildman–Crippen LogP) is -0.269. The van der Waals surface area contributed by atoms with Crippen LogP contribution in [0.3, 0.4) is 0 Å². The number of carboxylic acid groups (broad SMARTS) is 1. The molecule has 1 saturated heterocycles. The van der Waals surface area contributed by atoms with Crippen molar-refractivity contribution in [2.24, 2.45) is 10.3 Å². The molecule has 2 aliphatic rings. The monoisotopic (exact) mass is 669 g/mol. The Morgan fingerprint density at radius 1 is 1.25 bits per heavy atom. The molecule has 2 aliphatic heterocycles. The Hall–Kier alpha value is -4.88. The van der Waals surface area contributed by atoms with Gasteiger partial charge in [0.05, 0.1) is 6.21 Å². The lowest BCUT2D eigenvalue weighted by Crippen LogP contribution is -2.71. The number of benzene rings is 1. The average Bonchev–Trinajstić information content (AvgIpc) is 3.39. The van der Waals surface area contributed by atoms with Crippen LogP contribution < -0.4 is 16.5 Å². The summed E-state index contributed by atoms with van der Waals surface area (Å²) >= 11 is 2.17. The average molecular weight is 670 g/mol. The van der Waals surface area contributed by atoms with Gasteiger partial charge in [-0.1, -0.05) is 5.16 Å². The molecule has 3 heterocycles. The summed E-state index contributed by atoms with van der Waals surface area (Å²) in [6.07, 6.45) is 1.20. The molecule has 0 aliphatic carbocycles. The van der Waals surface area contributed by atoms with E-state index in [9.17, 15) is 39.3 Å². The Balaban J connectivity index is 0.00000529. The topological polar surface area (TPSA) is 255 Å². The first kappa shape index (κ1) is 33.6. The van der Waals surface area contributed by atoms with E-state index >= 15 is 0 Å². The minimum atomic E-state index is -1.39. The van der Waals surface area contributed by atoms with Gasteiger partial charge in [-0.2, -0.15) is 5.10 Å². The number of hydrogen-bond donors (Lipinski definition) is 6. The second-order valence-electron chi connectivity index (χ2n) is 8.72. The largest absolute Gasteiger partial charge is 0.504 e. The molecule has 0 bridgehead atoms. The van der Waals surface area contributed by atoms with Crippen molar-refractivity contribution in [2.45, 2.75) is 18.3 Å². The number of phenolic OH excluding ortho intramolecular Hbond substituents is 2. The van der Waals surface area contributed by atoms with E-state index in [0.717, 1.165) is 16.2 Å². The fourth-order valence-electron chi connectivity index (χ4n) is 3.78. The number of aliphatic carboxylic acids is 1. The molecule has 2 aromatic rings. The molecule has 17 nitrogen and oxygen atoms in total. The van der Waals surface area contributed by atoms with Crippen LogP contribution in [0, 0.1) is 0 Å². The number of nitrogens with zero attached hydrogens (tertiary/aromatic N) is 4. The lowest BCUT2D eigenvalue weighted by Gasteiger charge is -2.49. The van der Waals surface area contributed by atoms with Crippen molar-refractivity contribution in [3.8, 4) is 11.5 Å². The summed E-state index contributed by atoms with van der Waals surface area (Å²) in [5.74, 6) is -4.93. The molecule has 2 atom stereocenters. The van der Waals surface area contributed by atoms with Gasteiger partial charge in [-0.05, 0) is 23.8 Å². The highest BCUT2D eigenvalue weighted by molar-refractivity contribution is 8.00. The number of rotatable bonds is 11. The SMILES string of the molecule is CC(=O)OCC1=C(C(=O)O)N2C(=O)C(NC(=O)/C(=N\OCC(=O)N/N=C/c3ccc(O)c(O)c3)c3csc(N)n3)[C@H]2SC1.Cl. The van der Waals surface area contributed by atoms with Crippen molar-refractivity contribution >= 4 is 82.2 Å². The number of nitrogens with two attached hydrogens (primary N) is 1. The zero-order valence-corrected chi connectivity index (χ0v) is 24.9. The molecule has 0 spiro atoms. The van der Waals surface area contributed by atoms with Crippen LogP contribution in [0.4, 0.5) is 5.13 Å².